The van der Waals surface area contributed by atoms with Gasteiger partial charge in [0.05, 0.1) is 32.7 Å². The number of hydrogen-bond acceptors (Lipinski definition) is 8. The van der Waals surface area contributed by atoms with Crippen molar-refractivity contribution in [3.63, 3.8) is 0 Å². The predicted molar refractivity (Wildman–Crippen MR) is 199 cm³/mol. The largest absolute Gasteiger partial charge is 0.463 e. The van der Waals surface area contributed by atoms with Crippen molar-refractivity contribution in [2.75, 3.05) is 26.4 Å². The average molecular weight is 785 g/mol. The summed E-state index contributed by atoms with van der Waals surface area (Å²) in [6.45, 7) is 24.8. The van der Waals surface area contributed by atoms with E-state index in [1.165, 1.54) is 13.8 Å². The second-order valence-electron chi connectivity index (χ2n) is 13.2. The fraction of sp³-hybridized carbons (Fsp3) is 0.879. The molecule has 0 radical (unpaired) electrons. The molecule has 2 unspecified atom stereocenters. The molecule has 0 aromatic heterocycles. The fourth-order valence-electron chi connectivity index (χ4n) is 3.23. The third kappa shape index (κ3) is 21.2. The first-order chi connectivity index (χ1) is 17.2. The van der Waals surface area contributed by atoms with Crippen LogP contribution in [0, 0.1) is 10.8 Å². The molecule has 11 heteroatoms. The molecule has 0 aliphatic rings. The summed E-state index contributed by atoms with van der Waals surface area (Å²) in [7, 11) is -1.82. The Hall–Kier alpha value is -0.623. The van der Waals surface area contributed by atoms with Crippen LogP contribution in [0.1, 0.15) is 126 Å². The van der Waals surface area contributed by atoms with Gasteiger partial charge in [-0.1, -0.05) is 89.8 Å². The fourth-order valence-corrected chi connectivity index (χ4v) is 5.66. The molecule has 2 atom stereocenters. The predicted octanol–water partition coefficient (Wildman–Crippen LogP) is 9.57. The lowest BCUT2D eigenvalue weighted by Crippen LogP contribution is -2.42. The number of Topliss-reactive ketones (excluding diaryl/α,β-unsaturated/α-hetero) is 2. The molecule has 0 aromatic carbocycles. The van der Waals surface area contributed by atoms with Gasteiger partial charge in [0.2, 0.25) is 0 Å². The van der Waals surface area contributed by atoms with Crippen LogP contribution in [0.3, 0.4) is 0 Å². The number of rotatable bonds is 14. The van der Waals surface area contributed by atoms with Crippen LogP contribution >= 0.6 is 31.9 Å². The Morgan fingerprint density at radius 2 is 0.909 bits per heavy atom. The average Bonchev–Trinajstić information content (AvgIpc) is 2.72. The molecule has 0 aliphatic heterocycles. The highest BCUT2D eigenvalue weighted by Crippen LogP contribution is 2.38. The van der Waals surface area contributed by atoms with E-state index in [9.17, 15) is 19.2 Å². The topological polar surface area (TPSA) is 116 Å². The monoisotopic (exact) mass is 782 g/mol. The van der Waals surface area contributed by atoms with Gasteiger partial charge in [0.25, 0.3) is 0 Å². The summed E-state index contributed by atoms with van der Waals surface area (Å²) in [4.78, 5) is 46.9. The van der Waals surface area contributed by atoms with E-state index in [2.05, 4.69) is 65.7 Å². The molecule has 0 rings (SSSR count). The number of hydrogen-bond donors (Lipinski definition) is 1. The summed E-state index contributed by atoms with van der Waals surface area (Å²) >= 11 is 6.72. The third-order valence-electron chi connectivity index (χ3n) is 7.03. The lowest BCUT2D eigenvalue weighted by Gasteiger charge is -2.36. The molecule has 0 aromatic rings. The maximum Gasteiger partial charge on any atom is 0.311 e. The molecule has 0 aliphatic carbocycles. The summed E-state index contributed by atoms with van der Waals surface area (Å²) in [5, 5.41) is 8.70. The normalized spacial score (nSPS) is 13.9. The van der Waals surface area contributed by atoms with Gasteiger partial charge in [-0.3, -0.25) is 19.2 Å². The van der Waals surface area contributed by atoms with E-state index < -0.39 is 33.8 Å². The van der Waals surface area contributed by atoms with Crippen molar-refractivity contribution in [2.24, 2.45) is 10.8 Å². The molecule has 0 saturated carbocycles. The Kier molecular flexibility index (Phi) is 30.5. The highest BCUT2D eigenvalue weighted by atomic mass is 79.9. The Bertz CT molecular complexity index is 845. The van der Waals surface area contributed by atoms with Crippen molar-refractivity contribution < 1.29 is 38.2 Å². The van der Waals surface area contributed by atoms with Crippen molar-refractivity contribution in [1.29, 1.82) is 0 Å². The maximum atomic E-state index is 12.3. The van der Waals surface area contributed by atoms with E-state index in [4.69, 9.17) is 19.0 Å². The number of ether oxygens (including phenoxy) is 2. The zero-order chi connectivity index (χ0) is 31.7. The Morgan fingerprint density at radius 1 is 0.614 bits per heavy atom. The van der Waals surface area contributed by atoms with Crippen LogP contribution in [0.25, 0.3) is 0 Å². The van der Waals surface area contributed by atoms with Crippen molar-refractivity contribution in [3.8, 4) is 0 Å². The summed E-state index contributed by atoms with van der Waals surface area (Å²) in [5.41, 5.74) is -1.50. The summed E-state index contributed by atoms with van der Waals surface area (Å²) in [6, 6.07) is 0. The first-order valence-corrected chi connectivity index (χ1v) is 17.6. The number of ketones is 2. The van der Waals surface area contributed by atoms with E-state index in [-0.39, 0.29) is 79.5 Å². The van der Waals surface area contributed by atoms with Gasteiger partial charge >= 0.3 is 11.9 Å². The first kappa shape index (κ1) is 58.9. The molecular weight excluding hydrogens is 712 g/mol. The highest BCUT2D eigenvalue weighted by molar-refractivity contribution is 9.10. The van der Waals surface area contributed by atoms with E-state index in [1.807, 2.05) is 0 Å². The number of aliphatic hydroxyl groups is 1. The van der Waals surface area contributed by atoms with E-state index in [1.54, 1.807) is 41.5 Å². The molecule has 0 amide bonds. The molecule has 0 fully saturated rings. The Morgan fingerprint density at radius 3 is 1.16 bits per heavy atom. The quantitative estimate of drug-likeness (QED) is 0.0802. The molecule has 0 saturated heterocycles. The van der Waals surface area contributed by atoms with Gasteiger partial charge in [-0.05, 0) is 86.4 Å². The first-order valence-electron chi connectivity index (χ1n) is 13.2. The van der Waals surface area contributed by atoms with E-state index in [0.717, 1.165) is 0 Å². The van der Waals surface area contributed by atoms with Gasteiger partial charge in [-0.2, -0.15) is 0 Å². The van der Waals surface area contributed by atoms with Gasteiger partial charge in [0.1, 0.15) is 24.8 Å². The van der Waals surface area contributed by atoms with Gasteiger partial charge in [-0.25, -0.2) is 0 Å². The van der Waals surface area contributed by atoms with Crippen LogP contribution in [-0.2, 0) is 33.1 Å². The van der Waals surface area contributed by atoms with Crippen molar-refractivity contribution in [3.05, 3.63) is 0 Å². The van der Waals surface area contributed by atoms with Gasteiger partial charge in [0, 0.05) is 0 Å². The van der Waals surface area contributed by atoms with Crippen LogP contribution in [0.15, 0.2) is 0 Å². The molecule has 0 spiro atoms. The molecule has 270 valence electrons. The zero-order valence-corrected chi connectivity index (χ0v) is 30.5. The van der Waals surface area contributed by atoms with Crippen LogP contribution in [-0.4, -0.2) is 72.0 Å². The van der Waals surface area contributed by atoms with Crippen LogP contribution < -0.4 is 0 Å². The number of halogens is 2. The van der Waals surface area contributed by atoms with Gasteiger partial charge in [0.15, 0.2) is 8.32 Å². The lowest BCUT2D eigenvalue weighted by molar-refractivity contribution is -0.156. The summed E-state index contributed by atoms with van der Waals surface area (Å²) in [6.07, 6.45) is 0.733. The van der Waals surface area contributed by atoms with E-state index in [0.29, 0.717) is 19.4 Å². The lowest BCUT2D eigenvalue weighted by atomic mass is 9.82. The number of aliphatic hydroxyl groups excluding tert-OH is 1. The highest BCUT2D eigenvalue weighted by Gasteiger charge is 2.41. The Balaban J connectivity index is -0.000000117. The van der Waals surface area contributed by atoms with Gasteiger partial charge < -0.3 is 19.0 Å². The van der Waals surface area contributed by atoms with Crippen molar-refractivity contribution >= 4 is 63.7 Å². The molecular formula is C33H72Br2O8Si. The smallest absolute Gasteiger partial charge is 0.311 e. The van der Waals surface area contributed by atoms with Crippen LogP contribution in [0.5, 0.6) is 0 Å². The van der Waals surface area contributed by atoms with Crippen molar-refractivity contribution in [1.82, 2.24) is 0 Å². The van der Waals surface area contributed by atoms with Crippen LogP contribution in [0.2, 0.25) is 18.1 Å². The number of carbonyl (C=O) groups excluding carboxylic acids is 4. The number of alkyl halides is 2. The third-order valence-corrected chi connectivity index (χ3v) is 13.2. The molecule has 0 heterocycles. The number of esters is 2. The maximum absolute atomic E-state index is 12.3. The van der Waals surface area contributed by atoms with Crippen LogP contribution in [0.4, 0.5) is 0 Å². The summed E-state index contributed by atoms with van der Waals surface area (Å²) < 4.78 is 14.8. The minimum atomic E-state index is -1.82. The number of carbonyl (C=O) groups is 4. The molecule has 44 heavy (non-hydrogen) atoms. The van der Waals surface area contributed by atoms with Crippen molar-refractivity contribution in [2.45, 2.75) is 153 Å². The standard InChI is InChI=1S/C17H33BrO4Si.C11H19BrO4.5CH4/c1-13(19)17(7,18)12-16(5,6)14(20)21-10-11-22-23(8,9)15(2,3)4;1-8(14)11(4,12)7-10(2,3)9(15)16-6-5-13;;;;;/h10-12H2,1-9H3;13H,5-7H2,1-4H3;5*1H4. The Labute approximate surface area is 290 Å². The molecule has 0 bridgehead atoms. The zero-order valence-electron chi connectivity index (χ0n) is 26.3. The second-order valence-corrected chi connectivity index (χ2v) is 21.5. The minimum Gasteiger partial charge on any atom is -0.463 e. The van der Waals surface area contributed by atoms with Gasteiger partial charge in [-0.15, -0.1) is 0 Å². The molecule has 1 N–H and O–H groups in total. The molecule has 8 nitrogen and oxygen atoms in total. The SMILES string of the molecule is C.C.C.C.C.CC(=O)C(C)(Br)CC(C)(C)C(=O)OCCO.CC(=O)C(C)(Br)CC(C)(C)C(=O)OCCO[Si](C)(C)C(C)(C)C. The minimum absolute atomic E-state index is 0. The summed E-state index contributed by atoms with van der Waals surface area (Å²) in [5.74, 6) is -0.744. The van der Waals surface area contributed by atoms with E-state index >= 15 is 0 Å². The second kappa shape index (κ2) is 22.8.